The van der Waals surface area contributed by atoms with Crippen LogP contribution >= 0.6 is 0 Å². The fraction of sp³-hybridized carbons (Fsp3) is 0.714. The van der Waals surface area contributed by atoms with Crippen molar-refractivity contribution < 1.29 is 4.39 Å². The highest BCUT2D eigenvalue weighted by Gasteiger charge is 2.19. The zero-order valence-corrected chi connectivity index (χ0v) is 10.8. The van der Waals surface area contributed by atoms with E-state index in [1.807, 2.05) is 6.08 Å². The fourth-order valence-corrected chi connectivity index (χ4v) is 1.88. The van der Waals surface area contributed by atoms with Gasteiger partial charge in [0.05, 0.1) is 6.17 Å². The van der Waals surface area contributed by atoms with Crippen molar-refractivity contribution in [3.63, 3.8) is 0 Å². The molecule has 0 aromatic carbocycles. The highest BCUT2D eigenvalue weighted by atomic mass is 19.1. The number of allylic oxidation sites excluding steroid dienone is 3. The second-order valence-corrected chi connectivity index (χ2v) is 4.83. The van der Waals surface area contributed by atoms with Gasteiger partial charge in [0.1, 0.15) is 0 Å². The van der Waals surface area contributed by atoms with Gasteiger partial charge in [-0.05, 0) is 38.0 Å². The number of hydrogen-bond acceptors (Lipinski definition) is 0. The number of rotatable bonds is 6. The second kappa shape index (κ2) is 6.81. The first-order valence-corrected chi connectivity index (χ1v) is 5.83. The molecule has 0 radical (unpaired) electrons. The topological polar surface area (TPSA) is 0 Å². The molecule has 0 spiro atoms. The first kappa shape index (κ1) is 14.4. The van der Waals surface area contributed by atoms with Crippen LogP contribution in [0.4, 0.5) is 4.39 Å². The normalized spacial score (nSPS) is 20.5. The van der Waals surface area contributed by atoms with E-state index in [1.165, 1.54) is 5.57 Å². The minimum atomic E-state index is -0.695. The standard InChI is InChI=1S/C14H25F/c1-7-10(2)8-11(3)14(6)12(4)9-13(5)15/h7-8,11-14H,1,9H2,2-6H3/b10-8+. The van der Waals surface area contributed by atoms with E-state index >= 15 is 0 Å². The summed E-state index contributed by atoms with van der Waals surface area (Å²) in [6, 6.07) is 0. The molecule has 0 saturated carbocycles. The van der Waals surface area contributed by atoms with E-state index in [4.69, 9.17) is 0 Å². The van der Waals surface area contributed by atoms with Gasteiger partial charge in [-0.3, -0.25) is 0 Å². The monoisotopic (exact) mass is 212 g/mol. The van der Waals surface area contributed by atoms with Crippen molar-refractivity contribution in [2.75, 3.05) is 0 Å². The van der Waals surface area contributed by atoms with Crippen LogP contribution in [0.25, 0.3) is 0 Å². The maximum Gasteiger partial charge on any atom is 0.0976 e. The van der Waals surface area contributed by atoms with Crippen molar-refractivity contribution in [3.05, 3.63) is 24.3 Å². The van der Waals surface area contributed by atoms with Crippen molar-refractivity contribution in [2.24, 2.45) is 17.8 Å². The Morgan fingerprint density at radius 3 is 2.20 bits per heavy atom. The molecule has 0 aliphatic heterocycles. The van der Waals surface area contributed by atoms with E-state index in [9.17, 15) is 4.39 Å². The van der Waals surface area contributed by atoms with Gasteiger partial charge in [0.25, 0.3) is 0 Å². The third-order valence-electron chi connectivity index (χ3n) is 3.27. The van der Waals surface area contributed by atoms with Crippen molar-refractivity contribution in [2.45, 2.75) is 47.2 Å². The molecular weight excluding hydrogens is 187 g/mol. The minimum absolute atomic E-state index is 0.425. The van der Waals surface area contributed by atoms with Gasteiger partial charge in [-0.2, -0.15) is 0 Å². The lowest BCUT2D eigenvalue weighted by molar-refractivity contribution is 0.229. The summed E-state index contributed by atoms with van der Waals surface area (Å²) in [7, 11) is 0. The van der Waals surface area contributed by atoms with Gasteiger partial charge in [-0.15, -0.1) is 0 Å². The molecule has 4 atom stereocenters. The summed E-state index contributed by atoms with van der Waals surface area (Å²) in [6.07, 6.45) is 4.05. The SMILES string of the molecule is C=C/C(C)=C/C(C)C(C)C(C)CC(C)F. The second-order valence-electron chi connectivity index (χ2n) is 4.83. The van der Waals surface area contributed by atoms with Crippen LogP contribution in [0.1, 0.15) is 41.0 Å². The molecular formula is C14H25F. The highest BCUT2D eigenvalue weighted by Crippen LogP contribution is 2.26. The zero-order chi connectivity index (χ0) is 12.0. The summed E-state index contributed by atoms with van der Waals surface area (Å²) >= 11 is 0. The summed E-state index contributed by atoms with van der Waals surface area (Å²) in [4.78, 5) is 0. The average Bonchev–Trinajstić information content (AvgIpc) is 2.15. The van der Waals surface area contributed by atoms with Crippen LogP contribution in [-0.4, -0.2) is 6.17 Å². The predicted molar refractivity (Wildman–Crippen MR) is 66.6 cm³/mol. The average molecular weight is 212 g/mol. The van der Waals surface area contributed by atoms with Gasteiger partial charge >= 0.3 is 0 Å². The fourth-order valence-electron chi connectivity index (χ4n) is 1.88. The largest absolute Gasteiger partial charge is 0.248 e. The van der Waals surface area contributed by atoms with E-state index in [0.29, 0.717) is 24.2 Å². The molecule has 0 aromatic heterocycles. The molecule has 0 rings (SSSR count). The molecule has 0 saturated heterocycles. The van der Waals surface area contributed by atoms with E-state index in [2.05, 4.69) is 40.3 Å². The van der Waals surface area contributed by atoms with Crippen LogP contribution in [-0.2, 0) is 0 Å². The maximum absolute atomic E-state index is 12.9. The molecule has 0 amide bonds. The predicted octanol–water partition coefficient (Wildman–Crippen LogP) is 4.78. The van der Waals surface area contributed by atoms with Gasteiger partial charge in [0, 0.05) is 0 Å². The molecule has 0 aliphatic rings. The Labute approximate surface area is 94.3 Å². The van der Waals surface area contributed by atoms with Gasteiger partial charge in [0.15, 0.2) is 0 Å². The van der Waals surface area contributed by atoms with Crippen LogP contribution in [0.2, 0.25) is 0 Å². The smallest absolute Gasteiger partial charge is 0.0976 e. The molecule has 0 bridgehead atoms. The summed E-state index contributed by atoms with van der Waals surface area (Å²) in [5, 5.41) is 0. The van der Waals surface area contributed by atoms with E-state index in [1.54, 1.807) is 6.92 Å². The summed E-state index contributed by atoms with van der Waals surface area (Å²) in [5.41, 5.74) is 1.20. The minimum Gasteiger partial charge on any atom is -0.248 e. The molecule has 0 heterocycles. The van der Waals surface area contributed by atoms with Crippen LogP contribution in [0.5, 0.6) is 0 Å². The lowest BCUT2D eigenvalue weighted by Gasteiger charge is -2.25. The molecule has 0 fully saturated rings. The van der Waals surface area contributed by atoms with E-state index in [0.717, 1.165) is 0 Å². The number of hydrogen-bond donors (Lipinski definition) is 0. The van der Waals surface area contributed by atoms with E-state index < -0.39 is 6.17 Å². The summed E-state index contributed by atoms with van der Waals surface area (Å²) in [5.74, 6) is 1.42. The molecule has 4 unspecified atom stereocenters. The molecule has 0 aliphatic carbocycles. The Morgan fingerprint density at radius 1 is 1.27 bits per heavy atom. The van der Waals surface area contributed by atoms with E-state index in [-0.39, 0.29) is 0 Å². The Hall–Kier alpha value is -0.590. The van der Waals surface area contributed by atoms with Crippen molar-refractivity contribution >= 4 is 0 Å². The Bertz CT molecular complexity index is 215. The van der Waals surface area contributed by atoms with Crippen molar-refractivity contribution in [3.8, 4) is 0 Å². The van der Waals surface area contributed by atoms with Crippen LogP contribution in [0, 0.1) is 17.8 Å². The van der Waals surface area contributed by atoms with Crippen LogP contribution in [0.15, 0.2) is 24.3 Å². The summed E-state index contributed by atoms with van der Waals surface area (Å²) in [6.45, 7) is 14.0. The molecule has 15 heavy (non-hydrogen) atoms. The quantitative estimate of drug-likeness (QED) is 0.556. The van der Waals surface area contributed by atoms with Gasteiger partial charge in [0.2, 0.25) is 0 Å². The number of halogens is 1. The van der Waals surface area contributed by atoms with Crippen LogP contribution in [0.3, 0.4) is 0 Å². The Morgan fingerprint density at radius 2 is 1.80 bits per heavy atom. The molecule has 0 aromatic rings. The highest BCUT2D eigenvalue weighted by molar-refractivity contribution is 5.14. The lowest BCUT2D eigenvalue weighted by atomic mass is 9.81. The lowest BCUT2D eigenvalue weighted by Crippen LogP contribution is -2.18. The molecule has 0 N–H and O–H groups in total. The molecule has 0 nitrogen and oxygen atoms in total. The molecule has 88 valence electrons. The van der Waals surface area contributed by atoms with Gasteiger partial charge in [-0.25, -0.2) is 4.39 Å². The zero-order valence-electron chi connectivity index (χ0n) is 10.8. The van der Waals surface area contributed by atoms with Crippen molar-refractivity contribution in [1.29, 1.82) is 0 Å². The number of alkyl halides is 1. The Kier molecular flexibility index (Phi) is 6.55. The maximum atomic E-state index is 12.9. The third kappa shape index (κ3) is 5.76. The summed E-state index contributed by atoms with van der Waals surface area (Å²) < 4.78 is 12.9. The van der Waals surface area contributed by atoms with Gasteiger partial charge in [-0.1, -0.05) is 45.1 Å². The Balaban J connectivity index is 4.30. The first-order chi connectivity index (χ1) is 6.88. The molecule has 1 heteroatoms. The third-order valence-corrected chi connectivity index (χ3v) is 3.27. The van der Waals surface area contributed by atoms with Crippen molar-refractivity contribution in [1.82, 2.24) is 0 Å². The first-order valence-electron chi connectivity index (χ1n) is 5.83. The van der Waals surface area contributed by atoms with Crippen LogP contribution < -0.4 is 0 Å². The van der Waals surface area contributed by atoms with Gasteiger partial charge < -0.3 is 0 Å².